The number of H-pyrrole nitrogens is 1. The fourth-order valence-electron chi connectivity index (χ4n) is 3.85. The third-order valence-electron chi connectivity index (χ3n) is 5.60. The van der Waals surface area contributed by atoms with E-state index in [4.69, 9.17) is 0 Å². The van der Waals surface area contributed by atoms with Crippen LogP contribution in [0.1, 0.15) is 68.0 Å². The molecule has 0 saturated carbocycles. The summed E-state index contributed by atoms with van der Waals surface area (Å²) in [6, 6.07) is 16.4. The molecule has 0 atom stereocenters. The van der Waals surface area contributed by atoms with Crippen molar-refractivity contribution in [2.45, 2.75) is 58.9 Å². The van der Waals surface area contributed by atoms with Crippen molar-refractivity contribution in [2.75, 3.05) is 0 Å². The minimum absolute atomic E-state index is 0.0156. The van der Waals surface area contributed by atoms with Crippen LogP contribution in [-0.4, -0.2) is 41.2 Å². The second-order valence-corrected chi connectivity index (χ2v) is 8.13. The maximum absolute atomic E-state index is 12.4. The van der Waals surface area contributed by atoms with Crippen molar-refractivity contribution in [1.82, 2.24) is 35.4 Å². The van der Waals surface area contributed by atoms with Gasteiger partial charge >= 0.3 is 0 Å². The van der Waals surface area contributed by atoms with Gasteiger partial charge < -0.3 is 0 Å². The van der Waals surface area contributed by atoms with Crippen molar-refractivity contribution >= 4 is 5.78 Å². The van der Waals surface area contributed by atoms with E-state index in [1.54, 1.807) is 0 Å². The zero-order chi connectivity index (χ0) is 23.0. The predicted octanol–water partition coefficient (Wildman–Crippen LogP) is 4.89. The first-order valence-electron chi connectivity index (χ1n) is 11.6. The zero-order valence-electron chi connectivity index (χ0n) is 19.2. The van der Waals surface area contributed by atoms with Crippen LogP contribution in [0, 0.1) is 0 Å². The first-order valence-corrected chi connectivity index (χ1v) is 11.6. The Balaban J connectivity index is 1.56. The number of carbonyl (C=O) groups excluding carboxylic acids is 1. The van der Waals surface area contributed by atoms with Crippen molar-refractivity contribution in [1.29, 1.82) is 0 Å². The maximum Gasteiger partial charge on any atom is 0.217 e. The second-order valence-electron chi connectivity index (χ2n) is 8.13. The summed E-state index contributed by atoms with van der Waals surface area (Å²) >= 11 is 0. The molecule has 0 aliphatic heterocycles. The van der Waals surface area contributed by atoms with Gasteiger partial charge in [0.05, 0.1) is 6.54 Å². The number of nitrogens with zero attached hydrogens (tertiary/aromatic N) is 6. The fourth-order valence-corrected chi connectivity index (χ4v) is 3.85. The van der Waals surface area contributed by atoms with E-state index in [1.807, 2.05) is 29.8 Å². The molecule has 33 heavy (non-hydrogen) atoms. The van der Waals surface area contributed by atoms with E-state index >= 15 is 0 Å². The summed E-state index contributed by atoms with van der Waals surface area (Å²) in [5.41, 5.74) is 4.18. The molecule has 0 amide bonds. The van der Waals surface area contributed by atoms with Gasteiger partial charge in [0.1, 0.15) is 5.82 Å². The molecule has 0 saturated heterocycles. The average molecular weight is 444 g/mol. The highest BCUT2D eigenvalue weighted by molar-refractivity contribution is 5.92. The number of rotatable bonds is 11. The highest BCUT2D eigenvalue weighted by Crippen LogP contribution is 2.29. The van der Waals surface area contributed by atoms with E-state index in [-0.39, 0.29) is 5.78 Å². The number of aromatic nitrogens is 7. The first-order chi connectivity index (χ1) is 16.2. The summed E-state index contributed by atoms with van der Waals surface area (Å²) in [6.07, 6.45) is 5.43. The molecule has 1 N–H and O–H groups in total. The molecular formula is C25H29N7O. The minimum atomic E-state index is 0.0156. The third kappa shape index (κ3) is 5.39. The molecule has 0 radical (unpaired) electrons. The summed E-state index contributed by atoms with van der Waals surface area (Å²) in [5, 5.41) is 18.8. The number of ketones is 1. The molecule has 4 rings (SSSR count). The lowest BCUT2D eigenvalue weighted by atomic mass is 9.98. The Kier molecular flexibility index (Phi) is 7.34. The van der Waals surface area contributed by atoms with E-state index < -0.39 is 0 Å². The first kappa shape index (κ1) is 22.5. The van der Waals surface area contributed by atoms with Gasteiger partial charge in [-0.05, 0) is 40.0 Å². The monoisotopic (exact) mass is 443 g/mol. The molecule has 8 heteroatoms. The number of Topliss-reactive ketones (excluding diaryl/α,β-unsaturated/α-hetero) is 1. The van der Waals surface area contributed by atoms with E-state index in [9.17, 15) is 4.79 Å². The Hall–Kier alpha value is -3.68. The van der Waals surface area contributed by atoms with Crippen LogP contribution in [0.25, 0.3) is 22.5 Å². The molecule has 2 heterocycles. The highest BCUT2D eigenvalue weighted by atomic mass is 16.1. The number of carbonyl (C=O) groups is 1. The van der Waals surface area contributed by atoms with Crippen LogP contribution in [0.2, 0.25) is 0 Å². The van der Waals surface area contributed by atoms with Gasteiger partial charge in [-0.3, -0.25) is 4.79 Å². The van der Waals surface area contributed by atoms with Gasteiger partial charge in [0.15, 0.2) is 5.82 Å². The van der Waals surface area contributed by atoms with E-state index in [0.717, 1.165) is 60.2 Å². The third-order valence-corrected chi connectivity index (χ3v) is 5.60. The highest BCUT2D eigenvalue weighted by Gasteiger charge is 2.16. The van der Waals surface area contributed by atoms with Crippen molar-refractivity contribution in [2.24, 2.45) is 0 Å². The van der Waals surface area contributed by atoms with Crippen LogP contribution >= 0.6 is 0 Å². The zero-order valence-corrected chi connectivity index (χ0v) is 19.2. The molecule has 8 nitrogen and oxygen atoms in total. The van der Waals surface area contributed by atoms with Gasteiger partial charge in [-0.25, -0.2) is 14.8 Å². The van der Waals surface area contributed by atoms with Crippen molar-refractivity contribution in [3.63, 3.8) is 0 Å². The molecule has 0 spiro atoms. The molecule has 0 bridgehead atoms. The van der Waals surface area contributed by atoms with E-state index in [0.29, 0.717) is 24.6 Å². The summed E-state index contributed by atoms with van der Waals surface area (Å²) < 4.78 is 1.89. The largest absolute Gasteiger partial charge is 0.291 e. The second kappa shape index (κ2) is 10.8. The number of aromatic amines is 1. The number of tetrazole rings is 1. The lowest BCUT2D eigenvalue weighted by Gasteiger charge is -2.09. The van der Waals surface area contributed by atoms with Crippen LogP contribution in [0.3, 0.4) is 0 Å². The van der Waals surface area contributed by atoms with Crippen LogP contribution in [0.15, 0.2) is 48.5 Å². The predicted molar refractivity (Wildman–Crippen MR) is 127 cm³/mol. The minimum Gasteiger partial charge on any atom is -0.291 e. The average Bonchev–Trinajstić information content (AvgIpc) is 3.51. The number of hydrogen-bond donors (Lipinski definition) is 1. The van der Waals surface area contributed by atoms with E-state index in [1.165, 1.54) is 0 Å². The summed E-state index contributed by atoms with van der Waals surface area (Å²) in [4.78, 5) is 17.0. The molecule has 4 aromatic rings. The van der Waals surface area contributed by atoms with Crippen LogP contribution < -0.4 is 0 Å². The van der Waals surface area contributed by atoms with Crippen LogP contribution in [0.4, 0.5) is 0 Å². The Morgan fingerprint density at radius 3 is 2.45 bits per heavy atom. The van der Waals surface area contributed by atoms with Crippen molar-refractivity contribution < 1.29 is 4.79 Å². The Bertz CT molecular complexity index is 1180. The standard InChI is InChI=1S/C25H29N7O/c1-3-5-6-12-23-26-25(22(33)9-4-2)29-32(23)17-18-13-15-19(16-14-18)20-10-7-8-11-21(20)24-27-30-31-28-24/h7-8,10-11,13-16H,3-6,9,12,17H2,1-2H3,(H,27,28,30,31). The Labute approximate surface area is 193 Å². The molecular weight excluding hydrogens is 414 g/mol. The van der Waals surface area contributed by atoms with Gasteiger partial charge in [-0.15, -0.1) is 10.2 Å². The molecule has 0 fully saturated rings. The number of hydrogen-bond acceptors (Lipinski definition) is 6. The quantitative estimate of drug-likeness (QED) is 0.262. The summed E-state index contributed by atoms with van der Waals surface area (Å²) in [6.45, 7) is 4.76. The SMILES string of the molecule is CCCCCc1nc(C(=O)CCC)nn1Cc1ccc(-c2ccccc2-c2nnn[nH]2)cc1. The number of nitrogens with one attached hydrogen (secondary N) is 1. The molecule has 0 aliphatic rings. The smallest absolute Gasteiger partial charge is 0.217 e. The number of aryl methyl sites for hydroxylation is 1. The lowest BCUT2D eigenvalue weighted by molar-refractivity contribution is 0.0971. The molecule has 0 unspecified atom stereocenters. The van der Waals surface area contributed by atoms with Gasteiger partial charge in [-0.1, -0.05) is 75.2 Å². The lowest BCUT2D eigenvalue weighted by Crippen LogP contribution is -2.08. The van der Waals surface area contributed by atoms with Gasteiger partial charge in [0, 0.05) is 18.4 Å². The van der Waals surface area contributed by atoms with Crippen molar-refractivity contribution in [3.05, 3.63) is 65.7 Å². The topological polar surface area (TPSA) is 102 Å². The van der Waals surface area contributed by atoms with Gasteiger partial charge in [0.25, 0.3) is 0 Å². The van der Waals surface area contributed by atoms with Gasteiger partial charge in [-0.2, -0.15) is 0 Å². The molecule has 2 aromatic carbocycles. The van der Waals surface area contributed by atoms with Crippen LogP contribution in [0.5, 0.6) is 0 Å². The van der Waals surface area contributed by atoms with Gasteiger partial charge in [0.2, 0.25) is 11.6 Å². The number of unbranched alkanes of at least 4 members (excludes halogenated alkanes) is 2. The molecule has 2 aromatic heterocycles. The van der Waals surface area contributed by atoms with E-state index in [2.05, 4.69) is 68.0 Å². The summed E-state index contributed by atoms with van der Waals surface area (Å²) in [7, 11) is 0. The Morgan fingerprint density at radius 1 is 0.970 bits per heavy atom. The number of benzene rings is 2. The molecule has 0 aliphatic carbocycles. The Morgan fingerprint density at radius 2 is 1.76 bits per heavy atom. The van der Waals surface area contributed by atoms with Crippen LogP contribution in [-0.2, 0) is 13.0 Å². The fraction of sp³-hybridized carbons (Fsp3) is 0.360. The molecule has 170 valence electrons. The summed E-state index contributed by atoms with van der Waals surface area (Å²) in [5.74, 6) is 1.88. The normalized spacial score (nSPS) is 11.1. The van der Waals surface area contributed by atoms with Crippen molar-refractivity contribution in [3.8, 4) is 22.5 Å². The maximum atomic E-state index is 12.4.